The van der Waals surface area contributed by atoms with Crippen LogP contribution in [0.3, 0.4) is 0 Å². The Bertz CT molecular complexity index is 890. The van der Waals surface area contributed by atoms with E-state index in [9.17, 15) is 22.2 Å². The second-order valence-electron chi connectivity index (χ2n) is 6.49. The molecule has 0 radical (unpaired) electrons. The number of halogens is 3. The molecule has 0 spiro atoms. The van der Waals surface area contributed by atoms with Crippen molar-refractivity contribution in [2.45, 2.75) is 29.5 Å². The lowest BCUT2D eigenvalue weighted by atomic mass is 10.2. The Kier molecular flexibility index (Phi) is 6.53. The maximum absolute atomic E-state index is 13.1. The first-order valence-electron chi connectivity index (χ1n) is 8.82. The Morgan fingerprint density at radius 1 is 1.28 bits per heavy atom. The summed E-state index contributed by atoms with van der Waals surface area (Å²) in [4.78, 5) is 17.5. The van der Waals surface area contributed by atoms with Crippen molar-refractivity contribution >= 4 is 16.7 Å². The average molecular weight is 428 g/mol. The van der Waals surface area contributed by atoms with E-state index in [2.05, 4.69) is 4.98 Å². The lowest BCUT2D eigenvalue weighted by Gasteiger charge is -2.17. The fraction of sp³-hybridized carbons (Fsp3) is 0.368. The van der Waals surface area contributed by atoms with Gasteiger partial charge in [0.2, 0.25) is 0 Å². The number of pyridine rings is 1. The van der Waals surface area contributed by atoms with Gasteiger partial charge in [-0.2, -0.15) is 13.2 Å². The van der Waals surface area contributed by atoms with Crippen LogP contribution in [-0.4, -0.2) is 50.1 Å². The smallest absolute Gasteiger partial charge is 0.419 e. The number of likely N-dealkylation sites (tertiary alicyclic amines) is 1. The zero-order valence-corrected chi connectivity index (χ0v) is 16.1. The van der Waals surface area contributed by atoms with Crippen LogP contribution in [-0.2, 0) is 28.4 Å². The van der Waals surface area contributed by atoms with Gasteiger partial charge in [0.25, 0.3) is 5.91 Å². The fourth-order valence-corrected chi connectivity index (χ4v) is 4.50. The molecule has 0 aliphatic carbocycles. The number of hydrogen-bond donors (Lipinski definition) is 1. The van der Waals surface area contributed by atoms with E-state index >= 15 is 0 Å². The molecule has 1 aliphatic heterocycles. The summed E-state index contributed by atoms with van der Waals surface area (Å²) in [6.45, 7) is 0.0232. The fourth-order valence-electron chi connectivity index (χ4n) is 2.98. The molecule has 3 rings (SSSR count). The molecule has 1 aromatic heterocycles. The molecular formula is C19H19F3N2O4S. The molecule has 156 valence electrons. The van der Waals surface area contributed by atoms with E-state index in [0.29, 0.717) is 17.7 Å². The molecule has 6 nitrogen and oxygen atoms in total. The molecule has 1 saturated heterocycles. The third-order valence-electron chi connectivity index (χ3n) is 4.54. The predicted octanol–water partition coefficient (Wildman–Crippen LogP) is 2.38. The van der Waals surface area contributed by atoms with Crippen molar-refractivity contribution in [2.75, 3.05) is 19.7 Å². The van der Waals surface area contributed by atoms with Crippen LogP contribution in [0.2, 0.25) is 0 Å². The van der Waals surface area contributed by atoms with Crippen molar-refractivity contribution in [3.8, 4) is 5.75 Å². The summed E-state index contributed by atoms with van der Waals surface area (Å²) in [6.07, 6.45) is -3.15. The molecule has 10 heteroatoms. The number of carbonyl (C=O) groups excluding carboxylic acids is 1. The number of alkyl halides is 3. The van der Waals surface area contributed by atoms with E-state index in [1.165, 1.54) is 11.1 Å². The number of aliphatic hydroxyl groups excluding tert-OH is 1. The number of aliphatic hydroxyl groups is 1. The van der Waals surface area contributed by atoms with Crippen LogP contribution in [0.1, 0.15) is 17.5 Å². The summed E-state index contributed by atoms with van der Waals surface area (Å²) in [6, 6.07) is 8.59. The van der Waals surface area contributed by atoms with Crippen molar-refractivity contribution in [3.05, 3.63) is 53.7 Å². The maximum Gasteiger partial charge on any atom is 0.419 e. The van der Waals surface area contributed by atoms with Gasteiger partial charge in [-0.25, -0.2) is 4.98 Å². The molecule has 0 bridgehead atoms. The zero-order chi connectivity index (χ0) is 21.0. The SMILES string of the molecule is O=C(COc1ccc(CO)cc1)N1CC[C@@H]([S@@](=O)c2ncccc2C(F)(F)F)C1. The first-order chi connectivity index (χ1) is 13.8. The number of carbonyl (C=O) groups is 1. The predicted molar refractivity (Wildman–Crippen MR) is 98.5 cm³/mol. The molecule has 2 atom stereocenters. The molecule has 2 aromatic rings. The molecule has 1 amide bonds. The van der Waals surface area contributed by atoms with Crippen molar-refractivity contribution in [3.63, 3.8) is 0 Å². The van der Waals surface area contributed by atoms with Gasteiger partial charge in [0.1, 0.15) is 10.8 Å². The third kappa shape index (κ3) is 5.13. The molecule has 2 heterocycles. The summed E-state index contributed by atoms with van der Waals surface area (Å²) in [5, 5.41) is 7.88. The van der Waals surface area contributed by atoms with Crippen molar-refractivity contribution < 1.29 is 32.0 Å². The third-order valence-corrected chi connectivity index (χ3v) is 6.23. The van der Waals surface area contributed by atoms with E-state index in [0.717, 1.165) is 12.1 Å². The van der Waals surface area contributed by atoms with Gasteiger partial charge in [-0.05, 0) is 36.2 Å². The van der Waals surface area contributed by atoms with Gasteiger partial charge in [-0.1, -0.05) is 12.1 Å². The van der Waals surface area contributed by atoms with Crippen LogP contribution in [0.5, 0.6) is 5.75 Å². The first kappa shape index (κ1) is 21.3. The highest BCUT2D eigenvalue weighted by atomic mass is 32.2. The number of hydrogen-bond acceptors (Lipinski definition) is 5. The minimum Gasteiger partial charge on any atom is -0.484 e. The van der Waals surface area contributed by atoms with Gasteiger partial charge in [0.05, 0.1) is 28.2 Å². The zero-order valence-electron chi connectivity index (χ0n) is 15.3. The van der Waals surface area contributed by atoms with Crippen LogP contribution in [0, 0.1) is 0 Å². The van der Waals surface area contributed by atoms with Gasteiger partial charge >= 0.3 is 6.18 Å². The largest absolute Gasteiger partial charge is 0.484 e. The number of benzene rings is 1. The van der Waals surface area contributed by atoms with Gasteiger partial charge in [-0.15, -0.1) is 0 Å². The van der Waals surface area contributed by atoms with E-state index in [1.54, 1.807) is 24.3 Å². The summed E-state index contributed by atoms with van der Waals surface area (Å²) in [5.41, 5.74) is -0.306. The number of rotatable bonds is 6. The second-order valence-corrected chi connectivity index (χ2v) is 8.14. The molecule has 1 fully saturated rings. The number of amides is 1. The summed E-state index contributed by atoms with van der Waals surface area (Å²) >= 11 is 0. The Morgan fingerprint density at radius 3 is 2.66 bits per heavy atom. The van der Waals surface area contributed by atoms with Gasteiger partial charge in [-0.3, -0.25) is 9.00 Å². The Hall–Kier alpha value is -2.46. The van der Waals surface area contributed by atoms with Crippen LogP contribution < -0.4 is 4.74 Å². The lowest BCUT2D eigenvalue weighted by Crippen LogP contribution is -2.34. The second kappa shape index (κ2) is 8.91. The minimum absolute atomic E-state index is 0.0755. The summed E-state index contributed by atoms with van der Waals surface area (Å²) in [5.74, 6) is 0.117. The number of aromatic nitrogens is 1. The topological polar surface area (TPSA) is 79.7 Å². The molecule has 0 unspecified atom stereocenters. The van der Waals surface area contributed by atoms with Crippen LogP contribution in [0.4, 0.5) is 13.2 Å². The van der Waals surface area contributed by atoms with Crippen molar-refractivity contribution in [1.29, 1.82) is 0 Å². The van der Waals surface area contributed by atoms with Gasteiger partial charge in [0.15, 0.2) is 6.61 Å². The highest BCUT2D eigenvalue weighted by Crippen LogP contribution is 2.34. The van der Waals surface area contributed by atoms with Gasteiger partial charge in [0, 0.05) is 19.3 Å². The van der Waals surface area contributed by atoms with Crippen molar-refractivity contribution in [2.24, 2.45) is 0 Å². The van der Waals surface area contributed by atoms with E-state index in [-0.39, 0.29) is 32.2 Å². The van der Waals surface area contributed by atoms with Crippen LogP contribution in [0.15, 0.2) is 47.6 Å². The standard InChI is InChI=1S/C19H19F3N2O4S/c20-19(21,22)16-2-1-8-23-18(16)29(27)15-7-9-24(10-15)17(26)12-28-14-5-3-13(11-25)4-6-14/h1-6,8,15,25H,7,9-12H2/t15-,29-/m1/s1. The molecule has 1 aromatic carbocycles. The highest BCUT2D eigenvalue weighted by molar-refractivity contribution is 7.85. The number of ether oxygens (including phenoxy) is 1. The molecular weight excluding hydrogens is 409 g/mol. The summed E-state index contributed by atoms with van der Waals surface area (Å²) < 4.78 is 57.5. The molecule has 1 aliphatic rings. The number of nitrogens with zero attached hydrogens (tertiary/aromatic N) is 2. The summed E-state index contributed by atoms with van der Waals surface area (Å²) in [7, 11) is -1.99. The van der Waals surface area contributed by atoms with E-state index < -0.39 is 32.8 Å². The van der Waals surface area contributed by atoms with Crippen LogP contribution >= 0.6 is 0 Å². The van der Waals surface area contributed by atoms with Gasteiger partial charge < -0.3 is 14.7 Å². The van der Waals surface area contributed by atoms with Crippen molar-refractivity contribution in [1.82, 2.24) is 9.88 Å². The normalized spacial score (nSPS) is 17.9. The Balaban J connectivity index is 1.59. The monoisotopic (exact) mass is 428 g/mol. The first-order valence-corrected chi connectivity index (χ1v) is 10.0. The van der Waals surface area contributed by atoms with E-state index in [1.807, 2.05) is 0 Å². The Morgan fingerprint density at radius 2 is 2.00 bits per heavy atom. The molecule has 0 saturated carbocycles. The highest BCUT2D eigenvalue weighted by Gasteiger charge is 2.39. The molecule has 29 heavy (non-hydrogen) atoms. The van der Waals surface area contributed by atoms with E-state index in [4.69, 9.17) is 9.84 Å². The quantitative estimate of drug-likeness (QED) is 0.764. The van der Waals surface area contributed by atoms with Crippen LogP contribution in [0.25, 0.3) is 0 Å². The Labute approximate surface area is 167 Å². The lowest BCUT2D eigenvalue weighted by molar-refractivity contribution is -0.140. The maximum atomic E-state index is 13.1. The average Bonchev–Trinajstić information content (AvgIpc) is 3.21. The minimum atomic E-state index is -4.65. The molecule has 1 N–H and O–H groups in total.